The first-order valence-electron chi connectivity index (χ1n) is 5.77. The maximum Gasteiger partial charge on any atom is 0.179 e. The quantitative estimate of drug-likeness (QED) is 0.818. The van der Waals surface area contributed by atoms with Crippen LogP contribution in [0.1, 0.15) is 0 Å². The molecular weight excluding hydrogens is 316 g/mol. The average Bonchev–Trinajstić information content (AvgIpc) is 2.34. The van der Waals surface area contributed by atoms with E-state index in [0.29, 0.717) is 11.4 Å². The van der Waals surface area contributed by atoms with Crippen molar-refractivity contribution in [2.45, 2.75) is 4.90 Å². The summed E-state index contributed by atoms with van der Waals surface area (Å²) in [5.41, 5.74) is 0. The van der Waals surface area contributed by atoms with Crippen LogP contribution in [0.25, 0.3) is 0 Å². The predicted molar refractivity (Wildman–Crippen MR) is 77.6 cm³/mol. The molecule has 0 aliphatic rings. The van der Waals surface area contributed by atoms with Crippen LogP contribution in [0, 0.1) is 0 Å². The highest BCUT2D eigenvalue weighted by atomic mass is 79.9. The van der Waals surface area contributed by atoms with Crippen molar-refractivity contribution in [2.75, 3.05) is 39.5 Å². The van der Waals surface area contributed by atoms with Gasteiger partial charge in [-0.15, -0.1) is 0 Å². The summed E-state index contributed by atoms with van der Waals surface area (Å²) in [4.78, 5) is 2.39. The largest absolute Gasteiger partial charge is 0.318 e. The molecule has 1 aromatic carbocycles. The monoisotopic (exact) mass is 334 g/mol. The number of rotatable bonds is 7. The molecule has 0 bridgehead atoms. The molecule has 0 aliphatic carbocycles. The van der Waals surface area contributed by atoms with Crippen LogP contribution < -0.4 is 5.32 Å². The Kier molecular flexibility index (Phi) is 6.28. The molecule has 1 aromatic rings. The van der Waals surface area contributed by atoms with Crippen LogP contribution in [0.4, 0.5) is 0 Å². The Morgan fingerprint density at radius 1 is 1.22 bits per heavy atom. The molecular formula is C12H19BrN2O2S. The summed E-state index contributed by atoms with van der Waals surface area (Å²) in [6.45, 7) is 2.24. The minimum Gasteiger partial charge on any atom is -0.318 e. The molecule has 0 saturated heterocycles. The summed E-state index contributed by atoms with van der Waals surface area (Å²) < 4.78 is 25.0. The molecule has 1 rings (SSSR count). The van der Waals surface area contributed by atoms with E-state index in [2.05, 4.69) is 21.2 Å². The maximum absolute atomic E-state index is 12.1. The smallest absolute Gasteiger partial charge is 0.179 e. The van der Waals surface area contributed by atoms with E-state index in [1.54, 1.807) is 24.3 Å². The van der Waals surface area contributed by atoms with Crippen LogP contribution in [-0.2, 0) is 9.84 Å². The molecule has 0 saturated carbocycles. The third-order valence-corrected chi connectivity index (χ3v) is 4.90. The van der Waals surface area contributed by atoms with Crippen LogP contribution in [0.2, 0.25) is 0 Å². The van der Waals surface area contributed by atoms with E-state index in [-0.39, 0.29) is 5.75 Å². The third kappa shape index (κ3) is 5.06. The van der Waals surface area contributed by atoms with Crippen molar-refractivity contribution < 1.29 is 8.42 Å². The number of likely N-dealkylation sites (N-methyl/N-ethyl adjacent to an activating group) is 2. The minimum atomic E-state index is -3.18. The molecule has 0 unspecified atom stereocenters. The van der Waals surface area contributed by atoms with Gasteiger partial charge in [0.15, 0.2) is 9.84 Å². The first-order chi connectivity index (χ1) is 8.45. The molecule has 18 heavy (non-hydrogen) atoms. The Morgan fingerprint density at radius 2 is 1.83 bits per heavy atom. The maximum atomic E-state index is 12.1. The van der Waals surface area contributed by atoms with Crippen molar-refractivity contribution in [2.24, 2.45) is 0 Å². The highest BCUT2D eigenvalue weighted by Crippen LogP contribution is 2.15. The molecule has 102 valence electrons. The average molecular weight is 335 g/mol. The van der Waals surface area contributed by atoms with E-state index in [0.717, 1.165) is 17.6 Å². The predicted octanol–water partition coefficient (Wildman–Crippen LogP) is 1.37. The van der Waals surface area contributed by atoms with Crippen molar-refractivity contribution >= 4 is 25.8 Å². The summed E-state index contributed by atoms with van der Waals surface area (Å²) in [5, 5.41) is 3.04. The zero-order chi connectivity index (χ0) is 13.6. The lowest BCUT2D eigenvalue weighted by molar-refractivity contribution is 0.354. The molecule has 0 aliphatic heterocycles. The van der Waals surface area contributed by atoms with E-state index in [9.17, 15) is 8.42 Å². The lowest BCUT2D eigenvalue weighted by atomic mass is 10.4. The van der Waals surface area contributed by atoms with E-state index in [1.807, 2.05) is 19.0 Å². The number of benzene rings is 1. The summed E-state index contributed by atoms with van der Waals surface area (Å²) in [5.74, 6) is 0.148. The van der Waals surface area contributed by atoms with E-state index < -0.39 is 9.84 Å². The minimum absolute atomic E-state index is 0.148. The van der Waals surface area contributed by atoms with Crippen LogP contribution >= 0.6 is 15.9 Å². The van der Waals surface area contributed by atoms with Crippen LogP contribution in [0.5, 0.6) is 0 Å². The van der Waals surface area contributed by atoms with Gasteiger partial charge in [-0.05, 0) is 38.4 Å². The van der Waals surface area contributed by atoms with Gasteiger partial charge in [-0.2, -0.15) is 0 Å². The Labute approximate surface area is 117 Å². The zero-order valence-corrected chi connectivity index (χ0v) is 13.1. The van der Waals surface area contributed by atoms with Crippen molar-refractivity contribution in [1.29, 1.82) is 0 Å². The second-order valence-electron chi connectivity index (χ2n) is 4.18. The SMILES string of the molecule is CNCCN(C)CCS(=O)(=O)c1ccc(Br)cc1. The Bertz CT molecular complexity index is 459. The van der Waals surface area contributed by atoms with Gasteiger partial charge in [-0.1, -0.05) is 15.9 Å². The van der Waals surface area contributed by atoms with Gasteiger partial charge in [0.25, 0.3) is 0 Å². The van der Waals surface area contributed by atoms with Crippen LogP contribution in [0.3, 0.4) is 0 Å². The van der Waals surface area contributed by atoms with Gasteiger partial charge in [0.1, 0.15) is 0 Å². The summed E-state index contributed by atoms with van der Waals surface area (Å²) in [7, 11) is 0.626. The zero-order valence-electron chi connectivity index (χ0n) is 10.7. The van der Waals surface area contributed by atoms with Gasteiger partial charge < -0.3 is 10.2 Å². The van der Waals surface area contributed by atoms with Gasteiger partial charge >= 0.3 is 0 Å². The molecule has 0 aromatic heterocycles. The standard InChI is InChI=1S/C12H19BrN2O2S/c1-14-7-8-15(2)9-10-18(16,17)12-5-3-11(13)4-6-12/h3-6,14H,7-10H2,1-2H3. The molecule has 6 heteroatoms. The van der Waals surface area contributed by atoms with E-state index in [4.69, 9.17) is 0 Å². The first kappa shape index (κ1) is 15.6. The van der Waals surface area contributed by atoms with Crippen LogP contribution in [0.15, 0.2) is 33.6 Å². The number of hydrogen-bond acceptors (Lipinski definition) is 4. The fourth-order valence-corrected chi connectivity index (χ4v) is 3.05. The Hall–Kier alpha value is -0.430. The number of nitrogens with one attached hydrogen (secondary N) is 1. The van der Waals surface area contributed by atoms with Crippen LogP contribution in [-0.4, -0.2) is 52.8 Å². The topological polar surface area (TPSA) is 49.4 Å². The number of sulfone groups is 1. The number of hydrogen-bond donors (Lipinski definition) is 1. The molecule has 0 radical (unpaired) electrons. The highest BCUT2D eigenvalue weighted by molar-refractivity contribution is 9.10. The molecule has 0 heterocycles. The first-order valence-corrected chi connectivity index (χ1v) is 8.21. The van der Waals surface area contributed by atoms with Crippen molar-refractivity contribution in [3.63, 3.8) is 0 Å². The Morgan fingerprint density at radius 3 is 2.39 bits per heavy atom. The second kappa shape index (κ2) is 7.23. The van der Waals surface area contributed by atoms with Gasteiger partial charge in [0.05, 0.1) is 10.6 Å². The van der Waals surface area contributed by atoms with E-state index >= 15 is 0 Å². The lowest BCUT2D eigenvalue weighted by Crippen LogP contribution is -2.31. The van der Waals surface area contributed by atoms with Gasteiger partial charge in [0, 0.05) is 24.1 Å². The van der Waals surface area contributed by atoms with Crippen molar-refractivity contribution in [1.82, 2.24) is 10.2 Å². The molecule has 4 nitrogen and oxygen atoms in total. The highest BCUT2D eigenvalue weighted by Gasteiger charge is 2.14. The van der Waals surface area contributed by atoms with Crippen molar-refractivity contribution in [3.05, 3.63) is 28.7 Å². The summed E-state index contributed by atoms with van der Waals surface area (Å²) in [6.07, 6.45) is 0. The number of nitrogens with zero attached hydrogens (tertiary/aromatic N) is 1. The summed E-state index contributed by atoms with van der Waals surface area (Å²) >= 11 is 3.29. The fraction of sp³-hybridized carbons (Fsp3) is 0.500. The van der Waals surface area contributed by atoms with Gasteiger partial charge in [-0.25, -0.2) is 8.42 Å². The number of halogens is 1. The second-order valence-corrected chi connectivity index (χ2v) is 7.20. The Balaban J connectivity index is 2.57. The lowest BCUT2D eigenvalue weighted by Gasteiger charge is -2.16. The molecule has 1 N–H and O–H groups in total. The third-order valence-electron chi connectivity index (χ3n) is 2.66. The fourth-order valence-electron chi connectivity index (χ4n) is 1.45. The molecule has 0 fully saturated rings. The molecule has 0 atom stereocenters. The van der Waals surface area contributed by atoms with Gasteiger partial charge in [-0.3, -0.25) is 0 Å². The van der Waals surface area contributed by atoms with Gasteiger partial charge in [0.2, 0.25) is 0 Å². The molecule has 0 amide bonds. The van der Waals surface area contributed by atoms with E-state index in [1.165, 1.54) is 0 Å². The molecule has 0 spiro atoms. The summed E-state index contributed by atoms with van der Waals surface area (Å²) in [6, 6.07) is 6.76. The normalized spacial score (nSPS) is 12.0. The van der Waals surface area contributed by atoms with Crippen molar-refractivity contribution in [3.8, 4) is 0 Å².